The highest BCUT2D eigenvalue weighted by molar-refractivity contribution is 4.93. The van der Waals surface area contributed by atoms with E-state index in [1.807, 2.05) is 12.3 Å². The highest BCUT2D eigenvalue weighted by atomic mass is 16.5. The predicted octanol–water partition coefficient (Wildman–Crippen LogP) is 0.286. The van der Waals surface area contributed by atoms with Gasteiger partial charge in [0.2, 0.25) is 0 Å². The number of pyridine rings is 1. The molecule has 0 saturated carbocycles. The quantitative estimate of drug-likeness (QED) is 0.745. The number of ether oxygens (including phenoxy) is 1. The Morgan fingerprint density at radius 3 is 3.00 bits per heavy atom. The van der Waals surface area contributed by atoms with Gasteiger partial charge in [-0.25, -0.2) is 0 Å². The SMILES string of the molecule is COCc1cn(CCn2ccccc2=O)nn1. The van der Waals surface area contributed by atoms with Crippen molar-refractivity contribution in [2.75, 3.05) is 7.11 Å². The van der Waals surface area contributed by atoms with Gasteiger partial charge in [0.1, 0.15) is 5.69 Å². The van der Waals surface area contributed by atoms with Crippen LogP contribution in [0, 0.1) is 0 Å². The molecule has 2 heterocycles. The zero-order valence-corrected chi connectivity index (χ0v) is 9.61. The molecule has 0 radical (unpaired) electrons. The van der Waals surface area contributed by atoms with Gasteiger partial charge in [0.05, 0.1) is 19.3 Å². The third-order valence-corrected chi connectivity index (χ3v) is 2.35. The predicted molar refractivity (Wildman–Crippen MR) is 61.4 cm³/mol. The molecule has 17 heavy (non-hydrogen) atoms. The van der Waals surface area contributed by atoms with E-state index in [0.717, 1.165) is 5.69 Å². The average Bonchev–Trinajstić information content (AvgIpc) is 2.76. The van der Waals surface area contributed by atoms with Crippen LogP contribution < -0.4 is 5.56 Å². The largest absolute Gasteiger partial charge is 0.378 e. The Hall–Kier alpha value is -1.95. The van der Waals surface area contributed by atoms with Crippen molar-refractivity contribution in [3.05, 3.63) is 46.6 Å². The van der Waals surface area contributed by atoms with Crippen molar-refractivity contribution in [2.24, 2.45) is 0 Å². The van der Waals surface area contributed by atoms with Crippen LogP contribution in [0.3, 0.4) is 0 Å². The van der Waals surface area contributed by atoms with Crippen LogP contribution in [-0.4, -0.2) is 26.7 Å². The Kier molecular flexibility index (Phi) is 3.66. The van der Waals surface area contributed by atoms with Gasteiger partial charge in [0.25, 0.3) is 5.56 Å². The Balaban J connectivity index is 1.98. The van der Waals surface area contributed by atoms with E-state index in [4.69, 9.17) is 4.74 Å². The third-order valence-electron chi connectivity index (χ3n) is 2.35. The molecule has 0 bridgehead atoms. The zero-order chi connectivity index (χ0) is 12.1. The Bertz CT molecular complexity index is 532. The molecule has 90 valence electrons. The van der Waals surface area contributed by atoms with Crippen LogP contribution >= 0.6 is 0 Å². The molecule has 2 aromatic rings. The van der Waals surface area contributed by atoms with Crippen LogP contribution in [0.2, 0.25) is 0 Å². The van der Waals surface area contributed by atoms with Crippen LogP contribution in [-0.2, 0) is 24.4 Å². The van der Waals surface area contributed by atoms with Crippen LogP contribution in [0.1, 0.15) is 5.69 Å². The van der Waals surface area contributed by atoms with Crippen molar-refractivity contribution in [3.63, 3.8) is 0 Å². The van der Waals surface area contributed by atoms with Crippen LogP contribution in [0.25, 0.3) is 0 Å². The first-order valence-electron chi connectivity index (χ1n) is 5.33. The van der Waals surface area contributed by atoms with Crippen molar-refractivity contribution >= 4 is 0 Å². The van der Waals surface area contributed by atoms with Crippen molar-refractivity contribution < 1.29 is 4.74 Å². The Morgan fingerprint density at radius 1 is 1.35 bits per heavy atom. The maximum atomic E-state index is 11.4. The summed E-state index contributed by atoms with van der Waals surface area (Å²) in [5, 5.41) is 7.89. The number of aromatic nitrogens is 4. The van der Waals surface area contributed by atoms with E-state index in [2.05, 4.69) is 10.3 Å². The van der Waals surface area contributed by atoms with Crippen LogP contribution in [0.15, 0.2) is 35.4 Å². The molecule has 0 unspecified atom stereocenters. The molecule has 6 nitrogen and oxygen atoms in total. The maximum Gasteiger partial charge on any atom is 0.250 e. The van der Waals surface area contributed by atoms with E-state index in [9.17, 15) is 4.79 Å². The first-order valence-corrected chi connectivity index (χ1v) is 5.33. The number of rotatable bonds is 5. The smallest absolute Gasteiger partial charge is 0.250 e. The molecule has 0 N–H and O–H groups in total. The van der Waals surface area contributed by atoms with Gasteiger partial charge in [-0.3, -0.25) is 9.48 Å². The molecule has 2 aromatic heterocycles. The minimum Gasteiger partial charge on any atom is -0.378 e. The van der Waals surface area contributed by atoms with E-state index < -0.39 is 0 Å². The van der Waals surface area contributed by atoms with E-state index in [0.29, 0.717) is 19.7 Å². The zero-order valence-electron chi connectivity index (χ0n) is 9.61. The molecule has 0 saturated heterocycles. The van der Waals surface area contributed by atoms with Crippen molar-refractivity contribution in [1.82, 2.24) is 19.6 Å². The summed E-state index contributed by atoms with van der Waals surface area (Å²) in [5.41, 5.74) is 0.776. The first kappa shape index (κ1) is 11.5. The monoisotopic (exact) mass is 234 g/mol. The lowest BCUT2D eigenvalue weighted by molar-refractivity contribution is 0.181. The second-order valence-corrected chi connectivity index (χ2v) is 3.64. The number of hydrogen-bond acceptors (Lipinski definition) is 4. The summed E-state index contributed by atoms with van der Waals surface area (Å²) in [6, 6.07) is 5.10. The van der Waals surface area contributed by atoms with Gasteiger partial charge in [-0.15, -0.1) is 5.10 Å². The standard InChI is InChI=1S/C11H14N4O2/c1-17-9-10-8-15(13-12-10)7-6-14-5-3-2-4-11(14)16/h2-5,8H,6-7,9H2,1H3. The fraction of sp³-hybridized carbons (Fsp3) is 0.364. The summed E-state index contributed by atoms with van der Waals surface area (Å²) in [6.45, 7) is 1.64. The van der Waals surface area contributed by atoms with E-state index in [1.54, 1.807) is 28.6 Å². The highest BCUT2D eigenvalue weighted by Gasteiger charge is 2.00. The Morgan fingerprint density at radius 2 is 2.24 bits per heavy atom. The summed E-state index contributed by atoms with van der Waals surface area (Å²) in [6.07, 6.45) is 3.58. The van der Waals surface area contributed by atoms with Gasteiger partial charge >= 0.3 is 0 Å². The van der Waals surface area contributed by atoms with Gasteiger partial charge in [-0.05, 0) is 6.07 Å². The summed E-state index contributed by atoms with van der Waals surface area (Å²) in [4.78, 5) is 11.4. The molecule has 0 amide bonds. The molecular formula is C11H14N4O2. The molecule has 2 rings (SSSR count). The third kappa shape index (κ3) is 3.01. The minimum atomic E-state index is -0.00951. The second kappa shape index (κ2) is 5.40. The van der Waals surface area contributed by atoms with Gasteiger partial charge in [0, 0.05) is 25.9 Å². The highest BCUT2D eigenvalue weighted by Crippen LogP contribution is 1.95. The van der Waals surface area contributed by atoms with Crippen molar-refractivity contribution in [3.8, 4) is 0 Å². The first-order chi connectivity index (χ1) is 8.29. The van der Waals surface area contributed by atoms with Crippen LogP contribution in [0.4, 0.5) is 0 Å². The molecular weight excluding hydrogens is 220 g/mol. The van der Waals surface area contributed by atoms with Gasteiger partial charge in [0.15, 0.2) is 0 Å². The topological polar surface area (TPSA) is 61.9 Å². The molecule has 0 aliphatic heterocycles. The fourth-order valence-electron chi connectivity index (χ4n) is 1.52. The summed E-state index contributed by atoms with van der Waals surface area (Å²) >= 11 is 0. The molecule has 0 atom stereocenters. The lowest BCUT2D eigenvalue weighted by Gasteiger charge is -2.03. The Labute approximate surface area is 98.4 Å². The number of hydrogen-bond donors (Lipinski definition) is 0. The molecule has 0 fully saturated rings. The maximum absolute atomic E-state index is 11.4. The van der Waals surface area contributed by atoms with E-state index in [1.165, 1.54) is 6.07 Å². The van der Waals surface area contributed by atoms with Crippen molar-refractivity contribution in [2.45, 2.75) is 19.7 Å². The van der Waals surface area contributed by atoms with E-state index >= 15 is 0 Å². The van der Waals surface area contributed by atoms with Crippen molar-refractivity contribution in [1.29, 1.82) is 0 Å². The fourth-order valence-corrected chi connectivity index (χ4v) is 1.52. The lowest BCUT2D eigenvalue weighted by Crippen LogP contribution is -2.20. The summed E-state index contributed by atoms with van der Waals surface area (Å²) < 4.78 is 8.29. The van der Waals surface area contributed by atoms with Gasteiger partial charge in [-0.2, -0.15) is 0 Å². The van der Waals surface area contributed by atoms with Crippen LogP contribution in [0.5, 0.6) is 0 Å². The summed E-state index contributed by atoms with van der Waals surface area (Å²) in [7, 11) is 1.61. The van der Waals surface area contributed by atoms with Gasteiger partial charge in [-0.1, -0.05) is 11.3 Å². The molecule has 6 heteroatoms. The second-order valence-electron chi connectivity index (χ2n) is 3.64. The molecule has 0 aromatic carbocycles. The van der Waals surface area contributed by atoms with E-state index in [-0.39, 0.29) is 5.56 Å². The molecule has 0 spiro atoms. The van der Waals surface area contributed by atoms with Gasteiger partial charge < -0.3 is 9.30 Å². The average molecular weight is 234 g/mol. The number of methoxy groups -OCH3 is 1. The molecule has 0 aliphatic carbocycles. The number of aryl methyl sites for hydroxylation is 2. The summed E-state index contributed by atoms with van der Waals surface area (Å²) in [5.74, 6) is 0. The molecule has 0 aliphatic rings. The minimum absolute atomic E-state index is 0.00951. The lowest BCUT2D eigenvalue weighted by atomic mass is 10.4. The normalized spacial score (nSPS) is 10.6. The number of nitrogens with zero attached hydrogens (tertiary/aromatic N) is 4.